The molecule has 5 rings (SSSR count). The summed E-state index contributed by atoms with van der Waals surface area (Å²) < 4.78 is 12.8. The van der Waals surface area contributed by atoms with Crippen LogP contribution in [0.3, 0.4) is 0 Å². The molecular weight excluding hydrogens is 480 g/mol. The first kappa shape index (κ1) is 25.9. The van der Waals surface area contributed by atoms with Gasteiger partial charge in [0.05, 0.1) is 13.7 Å². The molecule has 0 radical (unpaired) electrons. The van der Waals surface area contributed by atoms with Crippen LogP contribution in [0.15, 0.2) is 56.5 Å². The van der Waals surface area contributed by atoms with Crippen LogP contribution in [0, 0.1) is 6.92 Å². The van der Waals surface area contributed by atoms with Gasteiger partial charge in [-0.2, -0.15) is 0 Å². The Morgan fingerprint density at radius 3 is 2.68 bits per heavy atom. The standard InChI is InChI=1S/C30H36N4O4/c1-4-21-16-22(9-8-20(21)2)31-28-18-29(35)34(30(36)32-28)14-7-5-6-13-33-15-12-24-25-17-23(37-3)10-11-26(25)38-27(24)19-33/h8-11,16-18,31H,4-7,12-15,19H2,1-3H3,(H,32,36). The van der Waals surface area contributed by atoms with E-state index in [2.05, 4.69) is 35.1 Å². The number of aryl methyl sites for hydroxylation is 2. The third-order valence-corrected chi connectivity index (χ3v) is 7.51. The molecule has 0 spiro atoms. The van der Waals surface area contributed by atoms with E-state index in [0.29, 0.717) is 12.4 Å². The predicted molar refractivity (Wildman–Crippen MR) is 151 cm³/mol. The normalized spacial score (nSPS) is 13.6. The third-order valence-electron chi connectivity index (χ3n) is 7.51. The molecule has 0 fully saturated rings. The number of furan rings is 1. The molecular formula is C30H36N4O4. The minimum absolute atomic E-state index is 0.288. The zero-order chi connectivity index (χ0) is 26.6. The topological polar surface area (TPSA) is 92.5 Å². The number of ether oxygens (including phenoxy) is 1. The van der Waals surface area contributed by atoms with Crippen molar-refractivity contribution in [1.29, 1.82) is 0 Å². The smallest absolute Gasteiger partial charge is 0.329 e. The fourth-order valence-corrected chi connectivity index (χ4v) is 5.32. The van der Waals surface area contributed by atoms with Gasteiger partial charge >= 0.3 is 5.69 Å². The van der Waals surface area contributed by atoms with Crippen LogP contribution in [0.25, 0.3) is 11.0 Å². The van der Waals surface area contributed by atoms with Crippen molar-refractivity contribution in [2.45, 2.75) is 59.0 Å². The van der Waals surface area contributed by atoms with Crippen molar-refractivity contribution in [3.63, 3.8) is 0 Å². The molecule has 3 heterocycles. The van der Waals surface area contributed by atoms with Crippen LogP contribution in [0.5, 0.6) is 5.75 Å². The average molecular weight is 517 g/mol. The first-order valence-corrected chi connectivity index (χ1v) is 13.5. The molecule has 0 amide bonds. The van der Waals surface area contributed by atoms with Crippen molar-refractivity contribution in [1.82, 2.24) is 14.5 Å². The molecule has 0 saturated heterocycles. The molecule has 0 atom stereocenters. The molecule has 38 heavy (non-hydrogen) atoms. The number of hydrogen-bond donors (Lipinski definition) is 2. The zero-order valence-corrected chi connectivity index (χ0v) is 22.4. The average Bonchev–Trinajstić information content (AvgIpc) is 3.27. The van der Waals surface area contributed by atoms with Crippen LogP contribution in [0.2, 0.25) is 0 Å². The number of nitrogens with zero attached hydrogens (tertiary/aromatic N) is 2. The van der Waals surface area contributed by atoms with Crippen molar-refractivity contribution >= 4 is 22.5 Å². The number of H-pyrrole nitrogens is 1. The van der Waals surface area contributed by atoms with Gasteiger partial charge in [0.25, 0.3) is 5.56 Å². The minimum Gasteiger partial charge on any atom is -0.497 e. The molecule has 2 aromatic heterocycles. The number of fused-ring (bicyclic) bond motifs is 3. The highest BCUT2D eigenvalue weighted by Gasteiger charge is 2.22. The first-order chi connectivity index (χ1) is 18.4. The van der Waals surface area contributed by atoms with Crippen molar-refractivity contribution in [2.75, 3.05) is 25.5 Å². The summed E-state index contributed by atoms with van der Waals surface area (Å²) in [7, 11) is 1.68. The molecule has 0 unspecified atom stereocenters. The molecule has 0 aliphatic carbocycles. The summed E-state index contributed by atoms with van der Waals surface area (Å²) in [6.07, 6.45) is 4.60. The lowest BCUT2D eigenvalue weighted by atomic mass is 10.0. The number of nitrogens with one attached hydrogen (secondary N) is 2. The Labute approximate surface area is 222 Å². The number of benzene rings is 2. The molecule has 200 valence electrons. The quantitative estimate of drug-likeness (QED) is 0.284. The SMILES string of the molecule is CCc1cc(Nc2cc(=O)n(CCCCCN3CCc4c(oc5ccc(OC)cc45)C3)c(=O)[nH]2)ccc1C. The van der Waals surface area contributed by atoms with Gasteiger partial charge in [-0.1, -0.05) is 19.4 Å². The molecule has 0 saturated carbocycles. The Hall–Kier alpha value is -3.78. The summed E-state index contributed by atoms with van der Waals surface area (Å²) in [5.41, 5.74) is 4.85. The van der Waals surface area contributed by atoms with E-state index in [1.165, 1.54) is 27.3 Å². The lowest BCUT2D eigenvalue weighted by Gasteiger charge is -2.25. The van der Waals surface area contributed by atoms with Crippen LogP contribution in [0.1, 0.15) is 48.6 Å². The maximum Gasteiger partial charge on any atom is 0.329 e. The Balaban J connectivity index is 1.11. The van der Waals surface area contributed by atoms with E-state index in [-0.39, 0.29) is 11.2 Å². The molecule has 1 aliphatic rings. The van der Waals surface area contributed by atoms with E-state index in [0.717, 1.165) is 79.9 Å². The van der Waals surface area contributed by atoms with Crippen LogP contribution < -0.4 is 21.3 Å². The summed E-state index contributed by atoms with van der Waals surface area (Å²) in [6.45, 7) is 7.36. The number of aromatic amines is 1. The largest absolute Gasteiger partial charge is 0.497 e. The first-order valence-electron chi connectivity index (χ1n) is 13.5. The van der Waals surface area contributed by atoms with Crippen molar-refractivity contribution < 1.29 is 9.15 Å². The highest BCUT2D eigenvalue weighted by Crippen LogP contribution is 2.33. The number of rotatable bonds is 10. The van der Waals surface area contributed by atoms with Gasteiger partial charge < -0.3 is 14.5 Å². The van der Waals surface area contributed by atoms with Crippen LogP contribution in [-0.2, 0) is 25.9 Å². The second-order valence-corrected chi connectivity index (χ2v) is 10.1. The molecule has 2 aromatic carbocycles. The molecule has 1 aliphatic heterocycles. The number of aromatic nitrogens is 2. The maximum atomic E-state index is 12.6. The third kappa shape index (κ3) is 5.55. The van der Waals surface area contributed by atoms with Crippen LogP contribution in [-0.4, -0.2) is 34.7 Å². The Morgan fingerprint density at radius 2 is 1.89 bits per heavy atom. The van der Waals surface area contributed by atoms with E-state index in [1.807, 2.05) is 30.3 Å². The van der Waals surface area contributed by atoms with Crippen molar-refractivity contribution in [3.8, 4) is 5.75 Å². The van der Waals surface area contributed by atoms with Crippen LogP contribution in [0.4, 0.5) is 11.5 Å². The van der Waals surface area contributed by atoms with E-state index >= 15 is 0 Å². The summed E-state index contributed by atoms with van der Waals surface area (Å²) in [5, 5.41) is 4.31. The van der Waals surface area contributed by atoms with E-state index < -0.39 is 0 Å². The van der Waals surface area contributed by atoms with Gasteiger partial charge in [0.1, 0.15) is 22.9 Å². The summed E-state index contributed by atoms with van der Waals surface area (Å²) in [4.78, 5) is 30.5. The van der Waals surface area contributed by atoms with Gasteiger partial charge in [-0.25, -0.2) is 4.79 Å². The molecule has 8 heteroatoms. The van der Waals surface area contributed by atoms with Gasteiger partial charge in [-0.05, 0) is 80.6 Å². The van der Waals surface area contributed by atoms with E-state index in [9.17, 15) is 9.59 Å². The molecule has 4 aromatic rings. The van der Waals surface area contributed by atoms with Crippen LogP contribution >= 0.6 is 0 Å². The zero-order valence-electron chi connectivity index (χ0n) is 22.4. The Morgan fingerprint density at radius 1 is 1.05 bits per heavy atom. The Kier molecular flexibility index (Phi) is 7.69. The maximum absolute atomic E-state index is 12.6. The molecule has 2 N–H and O–H groups in total. The van der Waals surface area contributed by atoms with E-state index in [1.54, 1.807) is 7.11 Å². The lowest BCUT2D eigenvalue weighted by Crippen LogP contribution is -2.35. The number of anilines is 2. The van der Waals surface area contributed by atoms with Gasteiger partial charge in [0.15, 0.2) is 0 Å². The fraction of sp³-hybridized carbons (Fsp3) is 0.400. The minimum atomic E-state index is -0.382. The van der Waals surface area contributed by atoms with Gasteiger partial charge in [-0.3, -0.25) is 19.2 Å². The highest BCUT2D eigenvalue weighted by atomic mass is 16.5. The fourth-order valence-electron chi connectivity index (χ4n) is 5.32. The van der Waals surface area contributed by atoms with Gasteiger partial charge in [-0.15, -0.1) is 0 Å². The monoisotopic (exact) mass is 516 g/mol. The second kappa shape index (κ2) is 11.3. The predicted octanol–water partition coefficient (Wildman–Crippen LogP) is 5.13. The van der Waals surface area contributed by atoms with Crippen molar-refractivity contribution in [3.05, 3.63) is 85.8 Å². The molecule has 0 bridgehead atoms. The number of methoxy groups -OCH3 is 1. The summed E-state index contributed by atoms with van der Waals surface area (Å²) in [6, 6.07) is 13.5. The summed E-state index contributed by atoms with van der Waals surface area (Å²) >= 11 is 0. The summed E-state index contributed by atoms with van der Waals surface area (Å²) in [5.74, 6) is 2.31. The Bertz CT molecular complexity index is 1520. The highest BCUT2D eigenvalue weighted by molar-refractivity contribution is 5.84. The van der Waals surface area contributed by atoms with Gasteiger partial charge in [0, 0.05) is 35.8 Å². The lowest BCUT2D eigenvalue weighted by molar-refractivity contribution is 0.226. The second-order valence-electron chi connectivity index (χ2n) is 10.1. The van der Waals surface area contributed by atoms with Gasteiger partial charge in [0.2, 0.25) is 0 Å². The van der Waals surface area contributed by atoms with Crippen molar-refractivity contribution in [2.24, 2.45) is 0 Å². The molecule has 8 nitrogen and oxygen atoms in total. The van der Waals surface area contributed by atoms with E-state index in [4.69, 9.17) is 9.15 Å². The number of unbranched alkanes of at least 4 members (excludes halogenated alkanes) is 2. The number of hydrogen-bond acceptors (Lipinski definition) is 6.